The Morgan fingerprint density at radius 1 is 0.971 bits per heavy atom. The first kappa shape index (κ1) is 22.2. The molecule has 34 heavy (non-hydrogen) atoms. The summed E-state index contributed by atoms with van der Waals surface area (Å²) in [6.07, 6.45) is 1.72. The summed E-state index contributed by atoms with van der Waals surface area (Å²) in [5.74, 6) is -0.222. The molecule has 1 amide bonds. The molecule has 0 bridgehead atoms. The first-order valence-corrected chi connectivity index (χ1v) is 11.6. The van der Waals surface area contributed by atoms with Crippen molar-refractivity contribution in [1.82, 2.24) is 24.6 Å². The van der Waals surface area contributed by atoms with E-state index in [1.165, 1.54) is 23.3 Å². The van der Waals surface area contributed by atoms with Crippen LogP contribution in [0.5, 0.6) is 0 Å². The van der Waals surface area contributed by atoms with Crippen LogP contribution in [-0.2, 0) is 17.9 Å². The summed E-state index contributed by atoms with van der Waals surface area (Å²) in [6, 6.07) is 16.8. The first-order valence-electron chi connectivity index (χ1n) is 11.6. The fraction of sp³-hybridized carbons (Fsp3) is 0.296. The Morgan fingerprint density at radius 3 is 2.44 bits per heavy atom. The van der Waals surface area contributed by atoms with Gasteiger partial charge in [0.15, 0.2) is 5.65 Å². The molecule has 0 N–H and O–H groups in total. The zero-order valence-corrected chi connectivity index (χ0v) is 19.5. The van der Waals surface area contributed by atoms with Gasteiger partial charge in [0.2, 0.25) is 5.91 Å². The van der Waals surface area contributed by atoms with E-state index >= 15 is 0 Å². The Morgan fingerprint density at radius 2 is 1.71 bits per heavy atom. The van der Waals surface area contributed by atoms with Crippen LogP contribution in [0.25, 0.3) is 22.2 Å². The summed E-state index contributed by atoms with van der Waals surface area (Å²) in [5, 5.41) is 5.52. The van der Waals surface area contributed by atoms with Crippen molar-refractivity contribution in [3.05, 3.63) is 83.4 Å². The molecule has 1 aliphatic heterocycles. The van der Waals surface area contributed by atoms with Crippen molar-refractivity contribution in [2.45, 2.75) is 26.9 Å². The van der Waals surface area contributed by atoms with Gasteiger partial charge in [-0.1, -0.05) is 36.4 Å². The summed E-state index contributed by atoms with van der Waals surface area (Å²) in [7, 11) is 0. The van der Waals surface area contributed by atoms with Gasteiger partial charge >= 0.3 is 0 Å². The molecule has 5 rings (SSSR count). The van der Waals surface area contributed by atoms with E-state index in [0.29, 0.717) is 18.7 Å². The Hall–Kier alpha value is -3.58. The highest BCUT2D eigenvalue weighted by atomic mass is 19.1. The van der Waals surface area contributed by atoms with Gasteiger partial charge in [0, 0.05) is 44.3 Å². The molecule has 0 aliphatic carbocycles. The topological polar surface area (TPSA) is 54.3 Å². The van der Waals surface area contributed by atoms with Gasteiger partial charge in [-0.05, 0) is 54.3 Å². The third kappa shape index (κ3) is 4.43. The Labute approximate surface area is 198 Å². The van der Waals surface area contributed by atoms with E-state index in [2.05, 4.69) is 46.2 Å². The number of halogens is 1. The third-order valence-electron chi connectivity index (χ3n) is 6.63. The normalized spacial score (nSPS) is 14.6. The van der Waals surface area contributed by atoms with E-state index in [1.54, 1.807) is 23.0 Å². The van der Waals surface area contributed by atoms with Gasteiger partial charge < -0.3 is 4.90 Å². The Balaban J connectivity index is 1.28. The predicted octanol–water partition coefficient (Wildman–Crippen LogP) is 4.20. The SMILES string of the molecule is Cc1ccccc1CN1CCN(C(=O)Cn2nc(C)c3c(-c4ccc(F)cc4)ccnc32)CC1. The molecule has 0 spiro atoms. The number of piperazine rings is 1. The average molecular weight is 458 g/mol. The van der Waals surface area contributed by atoms with Gasteiger partial charge in [0.1, 0.15) is 12.4 Å². The molecular formula is C27H28FN5O. The lowest BCUT2D eigenvalue weighted by molar-refractivity contribution is -0.133. The minimum atomic E-state index is -0.272. The van der Waals surface area contributed by atoms with E-state index in [9.17, 15) is 9.18 Å². The van der Waals surface area contributed by atoms with Crippen LogP contribution in [0, 0.1) is 19.7 Å². The standard InChI is InChI=1S/C27H28FN5O/c1-19-5-3-4-6-22(19)17-31-13-15-32(16-14-31)25(34)18-33-27-26(20(2)30-33)24(11-12-29-27)21-7-9-23(28)10-8-21/h3-12H,13-18H2,1-2H3. The van der Waals surface area contributed by atoms with Crippen molar-refractivity contribution in [3.63, 3.8) is 0 Å². The second kappa shape index (κ2) is 9.35. The largest absolute Gasteiger partial charge is 0.339 e. The van der Waals surface area contributed by atoms with Crippen molar-refractivity contribution in [2.24, 2.45) is 0 Å². The number of amides is 1. The number of rotatable bonds is 5. The molecule has 6 nitrogen and oxygen atoms in total. The van der Waals surface area contributed by atoms with Crippen molar-refractivity contribution in [2.75, 3.05) is 26.2 Å². The number of hydrogen-bond acceptors (Lipinski definition) is 4. The Kier molecular flexibility index (Phi) is 6.11. The maximum absolute atomic E-state index is 13.4. The van der Waals surface area contributed by atoms with Crippen LogP contribution >= 0.6 is 0 Å². The van der Waals surface area contributed by atoms with Crippen LogP contribution in [0.3, 0.4) is 0 Å². The number of carbonyl (C=O) groups excluding carboxylic acids is 1. The zero-order valence-electron chi connectivity index (χ0n) is 19.5. The number of aryl methyl sites for hydroxylation is 2. The van der Waals surface area contributed by atoms with Crippen molar-refractivity contribution < 1.29 is 9.18 Å². The molecule has 0 unspecified atom stereocenters. The molecule has 2 aromatic carbocycles. The smallest absolute Gasteiger partial charge is 0.244 e. The number of nitrogens with zero attached hydrogens (tertiary/aromatic N) is 5. The maximum Gasteiger partial charge on any atom is 0.244 e. The molecule has 3 heterocycles. The van der Waals surface area contributed by atoms with Crippen LogP contribution in [0.1, 0.15) is 16.8 Å². The van der Waals surface area contributed by atoms with Crippen molar-refractivity contribution >= 4 is 16.9 Å². The minimum Gasteiger partial charge on any atom is -0.339 e. The average Bonchev–Trinajstić information content (AvgIpc) is 3.17. The Bertz CT molecular complexity index is 1320. The third-order valence-corrected chi connectivity index (χ3v) is 6.63. The summed E-state index contributed by atoms with van der Waals surface area (Å²) in [6.45, 7) is 8.24. The number of carbonyl (C=O) groups is 1. The highest BCUT2D eigenvalue weighted by Crippen LogP contribution is 2.30. The predicted molar refractivity (Wildman–Crippen MR) is 131 cm³/mol. The lowest BCUT2D eigenvalue weighted by Gasteiger charge is -2.35. The highest BCUT2D eigenvalue weighted by Gasteiger charge is 2.23. The number of aromatic nitrogens is 3. The van der Waals surface area contributed by atoms with E-state index in [-0.39, 0.29) is 18.3 Å². The van der Waals surface area contributed by atoms with Gasteiger partial charge in [0.25, 0.3) is 0 Å². The number of pyridine rings is 1. The van der Waals surface area contributed by atoms with Gasteiger partial charge in [-0.3, -0.25) is 9.69 Å². The number of fused-ring (bicyclic) bond motifs is 1. The van der Waals surface area contributed by atoms with Crippen LogP contribution in [0.15, 0.2) is 60.8 Å². The van der Waals surface area contributed by atoms with Crippen LogP contribution in [-0.4, -0.2) is 56.7 Å². The molecule has 2 aromatic heterocycles. The van der Waals surface area contributed by atoms with E-state index in [4.69, 9.17) is 0 Å². The number of hydrogen-bond donors (Lipinski definition) is 0. The molecule has 1 saturated heterocycles. The first-order chi connectivity index (χ1) is 16.5. The molecule has 0 saturated carbocycles. The molecule has 1 aliphatic rings. The molecule has 7 heteroatoms. The van der Waals surface area contributed by atoms with E-state index in [0.717, 1.165) is 41.8 Å². The van der Waals surface area contributed by atoms with Gasteiger partial charge in [-0.25, -0.2) is 14.1 Å². The minimum absolute atomic E-state index is 0.0499. The van der Waals surface area contributed by atoms with Crippen LogP contribution < -0.4 is 0 Å². The molecule has 174 valence electrons. The summed E-state index contributed by atoms with van der Waals surface area (Å²) in [4.78, 5) is 21.9. The quantitative estimate of drug-likeness (QED) is 0.451. The summed E-state index contributed by atoms with van der Waals surface area (Å²) in [5.41, 5.74) is 5.95. The second-order valence-electron chi connectivity index (χ2n) is 8.89. The van der Waals surface area contributed by atoms with Crippen LogP contribution in [0.4, 0.5) is 4.39 Å². The lowest BCUT2D eigenvalue weighted by atomic mass is 10.0. The molecule has 0 atom stereocenters. The summed E-state index contributed by atoms with van der Waals surface area (Å²) >= 11 is 0. The fourth-order valence-electron chi connectivity index (χ4n) is 4.67. The molecular weight excluding hydrogens is 429 g/mol. The monoisotopic (exact) mass is 457 g/mol. The fourth-order valence-corrected chi connectivity index (χ4v) is 4.67. The zero-order chi connectivity index (χ0) is 23.7. The molecule has 0 radical (unpaired) electrons. The van der Waals surface area contributed by atoms with E-state index in [1.807, 2.05) is 17.9 Å². The molecule has 4 aromatic rings. The van der Waals surface area contributed by atoms with Crippen molar-refractivity contribution in [1.29, 1.82) is 0 Å². The maximum atomic E-state index is 13.4. The highest BCUT2D eigenvalue weighted by molar-refractivity contribution is 5.95. The number of benzene rings is 2. The van der Waals surface area contributed by atoms with Gasteiger partial charge in [0.05, 0.1) is 5.69 Å². The van der Waals surface area contributed by atoms with Gasteiger partial charge in [-0.15, -0.1) is 0 Å². The van der Waals surface area contributed by atoms with Crippen LogP contribution in [0.2, 0.25) is 0 Å². The van der Waals surface area contributed by atoms with Gasteiger partial charge in [-0.2, -0.15) is 5.10 Å². The summed E-state index contributed by atoms with van der Waals surface area (Å²) < 4.78 is 15.1. The molecule has 1 fully saturated rings. The second-order valence-corrected chi connectivity index (χ2v) is 8.89. The van der Waals surface area contributed by atoms with E-state index < -0.39 is 0 Å². The lowest BCUT2D eigenvalue weighted by Crippen LogP contribution is -2.49. The van der Waals surface area contributed by atoms with Crippen molar-refractivity contribution in [3.8, 4) is 11.1 Å².